The molecule has 0 spiro atoms. The van der Waals surface area contributed by atoms with Crippen LogP contribution in [0.25, 0.3) is 11.3 Å². The molecule has 8 heteroatoms. The van der Waals surface area contributed by atoms with E-state index in [4.69, 9.17) is 14.1 Å². The van der Waals surface area contributed by atoms with Crippen LogP contribution in [-0.2, 0) is 4.79 Å². The summed E-state index contributed by atoms with van der Waals surface area (Å²) in [7, 11) is 1.59. The minimum atomic E-state index is -0.904. The lowest BCUT2D eigenvalue weighted by molar-refractivity contribution is -0.122. The summed E-state index contributed by atoms with van der Waals surface area (Å²) < 4.78 is 29.4. The van der Waals surface area contributed by atoms with E-state index in [2.05, 4.69) is 15.6 Å². The van der Waals surface area contributed by atoms with Gasteiger partial charge in [0.1, 0.15) is 5.75 Å². The van der Waals surface area contributed by atoms with Gasteiger partial charge in [0.2, 0.25) is 5.82 Å². The number of nitrogens with one attached hydrogen (secondary N) is 1. The lowest BCUT2D eigenvalue weighted by atomic mass is 10.1. The molecule has 28 heavy (non-hydrogen) atoms. The van der Waals surface area contributed by atoms with Crippen molar-refractivity contribution in [2.45, 2.75) is 26.4 Å². The van der Waals surface area contributed by atoms with Gasteiger partial charge in [-0.1, -0.05) is 19.1 Å². The van der Waals surface area contributed by atoms with Gasteiger partial charge in [0, 0.05) is 5.56 Å². The fraction of sp³-hybridized carbons (Fsp3) is 0.250. The Hall–Kier alpha value is -3.42. The lowest BCUT2D eigenvalue weighted by Gasteiger charge is -2.17. The highest BCUT2D eigenvalue weighted by atomic mass is 19.1. The molecule has 0 unspecified atom stereocenters. The van der Waals surface area contributed by atoms with Crippen molar-refractivity contribution in [3.05, 3.63) is 53.8 Å². The summed E-state index contributed by atoms with van der Waals surface area (Å²) in [4.78, 5) is 12.6. The summed E-state index contributed by atoms with van der Waals surface area (Å²) >= 11 is 0. The van der Waals surface area contributed by atoms with Gasteiger partial charge in [-0.15, -0.1) is 0 Å². The number of aryl methyl sites for hydroxylation is 1. The van der Waals surface area contributed by atoms with E-state index in [1.54, 1.807) is 38.3 Å². The number of hydrogen-bond acceptors (Lipinski definition) is 6. The molecular weight excluding hydrogens is 365 g/mol. The van der Waals surface area contributed by atoms with Crippen molar-refractivity contribution in [2.24, 2.45) is 0 Å². The second-order valence-electron chi connectivity index (χ2n) is 6.08. The van der Waals surface area contributed by atoms with Crippen LogP contribution in [0, 0.1) is 12.7 Å². The van der Waals surface area contributed by atoms with Gasteiger partial charge in [0.05, 0.1) is 7.11 Å². The van der Waals surface area contributed by atoms with E-state index in [1.807, 2.05) is 13.0 Å². The second-order valence-corrected chi connectivity index (χ2v) is 6.08. The standard InChI is InChI=1S/C20H20FN3O4/c1-4-15(27-17-8-6-5-7-14(17)21)20(25)22-19-18(23-28-24-19)13-9-10-16(26-3)12(2)11-13/h5-11,15H,4H2,1-3H3,(H,22,24,25)/t15-/m0/s1. The molecule has 0 radical (unpaired) electrons. The summed E-state index contributed by atoms with van der Waals surface area (Å²) in [5.74, 6) is -0.117. The Balaban J connectivity index is 1.78. The van der Waals surface area contributed by atoms with E-state index in [9.17, 15) is 9.18 Å². The molecular formula is C20H20FN3O4. The first kappa shape index (κ1) is 19.3. The SMILES string of the molecule is CC[C@H](Oc1ccccc1F)C(=O)Nc1nonc1-c1ccc(OC)c(C)c1. The molecule has 0 aliphatic heterocycles. The molecule has 3 aromatic rings. The van der Waals surface area contributed by atoms with Gasteiger partial charge < -0.3 is 14.8 Å². The summed E-state index contributed by atoms with van der Waals surface area (Å²) in [5.41, 5.74) is 1.98. The van der Waals surface area contributed by atoms with Crippen molar-refractivity contribution >= 4 is 11.7 Å². The van der Waals surface area contributed by atoms with Gasteiger partial charge in [-0.05, 0) is 59.6 Å². The molecule has 1 atom stereocenters. The Kier molecular flexibility index (Phi) is 5.88. The van der Waals surface area contributed by atoms with Crippen molar-refractivity contribution in [3.63, 3.8) is 0 Å². The van der Waals surface area contributed by atoms with Crippen LogP contribution in [0.4, 0.5) is 10.2 Å². The number of halogens is 1. The normalized spacial score (nSPS) is 11.7. The molecule has 1 N–H and O–H groups in total. The molecule has 1 heterocycles. The molecule has 0 aliphatic carbocycles. The Morgan fingerprint density at radius 2 is 2.00 bits per heavy atom. The molecule has 0 aliphatic rings. The smallest absolute Gasteiger partial charge is 0.266 e. The maximum absolute atomic E-state index is 13.8. The highest BCUT2D eigenvalue weighted by Crippen LogP contribution is 2.29. The number of carbonyl (C=O) groups excluding carboxylic acids is 1. The van der Waals surface area contributed by atoms with Gasteiger partial charge >= 0.3 is 0 Å². The van der Waals surface area contributed by atoms with Gasteiger partial charge in [-0.2, -0.15) is 0 Å². The zero-order chi connectivity index (χ0) is 20.1. The van der Waals surface area contributed by atoms with Crippen LogP contribution in [0.5, 0.6) is 11.5 Å². The van der Waals surface area contributed by atoms with Crippen LogP contribution in [-0.4, -0.2) is 29.4 Å². The summed E-state index contributed by atoms with van der Waals surface area (Å²) in [6.45, 7) is 3.66. The molecule has 0 saturated heterocycles. The van der Waals surface area contributed by atoms with E-state index >= 15 is 0 Å². The quantitative estimate of drug-likeness (QED) is 0.662. The number of benzene rings is 2. The van der Waals surface area contributed by atoms with Crippen molar-refractivity contribution < 1.29 is 23.3 Å². The minimum Gasteiger partial charge on any atom is -0.496 e. The zero-order valence-corrected chi connectivity index (χ0v) is 15.7. The molecule has 0 fully saturated rings. The van der Waals surface area contributed by atoms with Crippen LogP contribution in [0.3, 0.4) is 0 Å². The number of para-hydroxylation sites is 1. The highest BCUT2D eigenvalue weighted by Gasteiger charge is 2.23. The van der Waals surface area contributed by atoms with Crippen LogP contribution in [0.1, 0.15) is 18.9 Å². The maximum atomic E-state index is 13.8. The van der Waals surface area contributed by atoms with E-state index in [1.165, 1.54) is 12.1 Å². The number of carbonyl (C=O) groups is 1. The van der Waals surface area contributed by atoms with Crippen molar-refractivity contribution in [2.75, 3.05) is 12.4 Å². The number of ether oxygens (including phenoxy) is 2. The van der Waals surface area contributed by atoms with Crippen LogP contribution in [0.15, 0.2) is 47.1 Å². The molecule has 1 amide bonds. The fourth-order valence-electron chi connectivity index (χ4n) is 2.70. The van der Waals surface area contributed by atoms with Gasteiger partial charge in [-0.25, -0.2) is 9.02 Å². The van der Waals surface area contributed by atoms with E-state index in [0.29, 0.717) is 17.7 Å². The number of hydrogen-bond donors (Lipinski definition) is 1. The Labute approximate surface area is 161 Å². The Bertz CT molecular complexity index is 974. The monoisotopic (exact) mass is 385 g/mol. The van der Waals surface area contributed by atoms with Crippen LogP contribution < -0.4 is 14.8 Å². The van der Waals surface area contributed by atoms with E-state index in [-0.39, 0.29) is 11.6 Å². The fourth-order valence-corrected chi connectivity index (χ4v) is 2.70. The van der Waals surface area contributed by atoms with E-state index < -0.39 is 17.8 Å². The van der Waals surface area contributed by atoms with Crippen molar-refractivity contribution in [1.29, 1.82) is 0 Å². The number of anilines is 1. The minimum absolute atomic E-state index is 0.00813. The summed E-state index contributed by atoms with van der Waals surface area (Å²) in [6.07, 6.45) is -0.568. The largest absolute Gasteiger partial charge is 0.496 e. The Morgan fingerprint density at radius 3 is 2.68 bits per heavy atom. The lowest BCUT2D eigenvalue weighted by Crippen LogP contribution is -2.32. The Morgan fingerprint density at radius 1 is 1.21 bits per heavy atom. The molecule has 0 saturated carbocycles. The average molecular weight is 385 g/mol. The zero-order valence-electron chi connectivity index (χ0n) is 15.7. The first-order chi connectivity index (χ1) is 13.5. The third kappa shape index (κ3) is 4.11. The number of nitrogens with zero attached hydrogens (tertiary/aromatic N) is 2. The van der Waals surface area contributed by atoms with Crippen LogP contribution in [0.2, 0.25) is 0 Å². The average Bonchev–Trinajstić information content (AvgIpc) is 3.15. The predicted molar refractivity (Wildman–Crippen MR) is 101 cm³/mol. The number of methoxy groups -OCH3 is 1. The second kappa shape index (κ2) is 8.51. The summed E-state index contributed by atoms with van der Waals surface area (Å²) in [5, 5.41) is 10.3. The predicted octanol–water partition coefficient (Wildman–Crippen LogP) is 3.99. The van der Waals surface area contributed by atoms with Crippen molar-refractivity contribution in [3.8, 4) is 22.8 Å². The van der Waals surface area contributed by atoms with Crippen molar-refractivity contribution in [1.82, 2.24) is 10.3 Å². The highest BCUT2D eigenvalue weighted by molar-refractivity contribution is 5.96. The molecule has 2 aromatic carbocycles. The molecule has 0 bridgehead atoms. The molecule has 7 nitrogen and oxygen atoms in total. The summed E-state index contributed by atoms with van der Waals surface area (Å²) in [6, 6.07) is 11.3. The van der Waals surface area contributed by atoms with Gasteiger partial charge in [0.15, 0.2) is 23.4 Å². The topological polar surface area (TPSA) is 86.5 Å². The molecule has 146 valence electrons. The van der Waals surface area contributed by atoms with Crippen LogP contribution >= 0.6 is 0 Å². The van der Waals surface area contributed by atoms with Gasteiger partial charge in [-0.3, -0.25) is 4.79 Å². The number of rotatable bonds is 7. The maximum Gasteiger partial charge on any atom is 0.266 e. The third-order valence-corrected chi connectivity index (χ3v) is 4.17. The third-order valence-electron chi connectivity index (χ3n) is 4.17. The van der Waals surface area contributed by atoms with Gasteiger partial charge in [0.25, 0.3) is 5.91 Å². The van der Waals surface area contributed by atoms with E-state index in [0.717, 1.165) is 11.3 Å². The first-order valence-corrected chi connectivity index (χ1v) is 8.73. The number of aromatic nitrogens is 2. The first-order valence-electron chi connectivity index (χ1n) is 8.73. The molecule has 3 rings (SSSR count). The molecule has 1 aromatic heterocycles. The number of amides is 1.